The highest BCUT2D eigenvalue weighted by atomic mass is 16.5. The average Bonchev–Trinajstić information content (AvgIpc) is 3.19. The van der Waals surface area contributed by atoms with E-state index in [4.69, 9.17) is 9.84 Å². The molecule has 33 heavy (non-hydrogen) atoms. The summed E-state index contributed by atoms with van der Waals surface area (Å²) in [5, 5.41) is 8.99. The van der Waals surface area contributed by atoms with Gasteiger partial charge in [-0.05, 0) is 43.5 Å². The van der Waals surface area contributed by atoms with Gasteiger partial charge in [0.2, 0.25) is 0 Å². The van der Waals surface area contributed by atoms with Crippen LogP contribution in [0.4, 0.5) is 0 Å². The molecule has 0 saturated heterocycles. The molecule has 0 saturated carbocycles. The van der Waals surface area contributed by atoms with E-state index in [1.807, 2.05) is 6.07 Å². The van der Waals surface area contributed by atoms with E-state index in [1.54, 1.807) is 35.0 Å². The van der Waals surface area contributed by atoms with E-state index < -0.39 is 23.3 Å². The number of aromatic nitrogens is 5. The topological polar surface area (TPSA) is 152 Å². The largest absolute Gasteiger partial charge is 0.479 e. The zero-order chi connectivity index (χ0) is 23.5. The number of aryl methyl sites for hydroxylation is 2. The van der Waals surface area contributed by atoms with Gasteiger partial charge in [-0.3, -0.25) is 24.1 Å². The summed E-state index contributed by atoms with van der Waals surface area (Å²) in [5.41, 5.74) is 0.411. The summed E-state index contributed by atoms with van der Waals surface area (Å²) in [4.78, 5) is 55.6. The second-order valence-corrected chi connectivity index (χ2v) is 7.49. The molecule has 0 spiro atoms. The average molecular weight is 451 g/mol. The van der Waals surface area contributed by atoms with Crippen LogP contribution in [-0.4, -0.2) is 41.3 Å². The number of imidazole rings is 1. The molecule has 3 N–H and O–H groups in total. The van der Waals surface area contributed by atoms with Crippen molar-refractivity contribution in [2.75, 3.05) is 0 Å². The maximum absolute atomic E-state index is 12.3. The van der Waals surface area contributed by atoms with Gasteiger partial charge in [0.1, 0.15) is 12.1 Å². The molecule has 170 valence electrons. The lowest BCUT2D eigenvalue weighted by molar-refractivity contribution is -0.144. The van der Waals surface area contributed by atoms with Crippen molar-refractivity contribution in [3.8, 4) is 11.4 Å². The Morgan fingerprint density at radius 2 is 2.00 bits per heavy atom. The molecule has 0 amide bonds. The monoisotopic (exact) mass is 451 g/mol. The molecule has 0 bridgehead atoms. The molecule has 0 aliphatic rings. The van der Waals surface area contributed by atoms with Gasteiger partial charge >= 0.3 is 11.7 Å². The number of hydrogen-bond acceptors (Lipinski definition) is 6. The Morgan fingerprint density at radius 3 is 2.79 bits per heavy atom. The minimum Gasteiger partial charge on any atom is -0.479 e. The molecule has 1 aromatic carbocycles. The Balaban J connectivity index is 1.50. The summed E-state index contributed by atoms with van der Waals surface area (Å²) >= 11 is 0. The van der Waals surface area contributed by atoms with E-state index in [9.17, 15) is 19.2 Å². The van der Waals surface area contributed by atoms with E-state index in [1.165, 1.54) is 23.9 Å². The molecular weight excluding hydrogens is 430 g/mol. The fourth-order valence-corrected chi connectivity index (χ4v) is 3.45. The number of pyridine rings is 1. The number of benzene rings is 1. The van der Waals surface area contributed by atoms with Crippen LogP contribution in [0.5, 0.6) is 5.75 Å². The summed E-state index contributed by atoms with van der Waals surface area (Å²) in [6.45, 7) is 1.89. The number of carboxylic acid groups (broad SMARTS) is 1. The third kappa shape index (κ3) is 4.76. The fraction of sp³-hybridized carbons (Fsp3) is 0.227. The summed E-state index contributed by atoms with van der Waals surface area (Å²) in [6.07, 6.45) is 3.38. The zero-order valence-corrected chi connectivity index (χ0v) is 17.6. The van der Waals surface area contributed by atoms with Crippen molar-refractivity contribution in [2.45, 2.75) is 32.4 Å². The number of nitrogens with zero attached hydrogens (tertiary/aromatic N) is 3. The molecule has 4 rings (SSSR count). The van der Waals surface area contributed by atoms with Crippen molar-refractivity contribution >= 4 is 17.1 Å². The van der Waals surface area contributed by atoms with Gasteiger partial charge in [0.25, 0.3) is 11.1 Å². The minimum atomic E-state index is -1.04. The minimum absolute atomic E-state index is 0.0895. The number of aliphatic carboxylic acids is 1. The van der Waals surface area contributed by atoms with E-state index in [-0.39, 0.29) is 16.7 Å². The number of H-pyrrole nitrogens is 2. The number of aromatic amines is 2. The fourth-order valence-electron chi connectivity index (χ4n) is 3.45. The van der Waals surface area contributed by atoms with Crippen molar-refractivity contribution in [1.82, 2.24) is 24.1 Å². The highest BCUT2D eigenvalue weighted by molar-refractivity contribution is 5.72. The van der Waals surface area contributed by atoms with Crippen LogP contribution >= 0.6 is 0 Å². The number of rotatable bonds is 8. The standard InChI is InChI=1S/C22H21N5O6/c1-13(21(30)31)33-16-6-2-4-14(10-16)5-3-9-26-11-15(7-8-17(26)28)27-12-23-18-19(27)24-22(32)25-20(18)29/h2,4,6-8,10-13H,3,5,9H2,1H3,(H,30,31)(H2,24,25,29,32)/t13-/m0/s1. The van der Waals surface area contributed by atoms with Gasteiger partial charge in [-0.2, -0.15) is 0 Å². The second-order valence-electron chi connectivity index (χ2n) is 7.49. The summed E-state index contributed by atoms with van der Waals surface area (Å²) in [7, 11) is 0. The quantitative estimate of drug-likeness (QED) is 0.362. The SMILES string of the molecule is C[C@H](Oc1cccc(CCCn2cc(-n3cnc4c(=O)[nH]c(=O)[nH]c43)ccc2=O)c1)C(=O)O. The van der Waals surface area contributed by atoms with Gasteiger partial charge in [0.15, 0.2) is 17.3 Å². The molecule has 11 heteroatoms. The molecule has 0 aliphatic heterocycles. The van der Waals surface area contributed by atoms with Crippen LogP contribution < -0.4 is 21.5 Å². The maximum Gasteiger partial charge on any atom is 0.344 e. The predicted molar refractivity (Wildman–Crippen MR) is 119 cm³/mol. The van der Waals surface area contributed by atoms with Gasteiger partial charge in [0.05, 0.1) is 5.69 Å². The highest BCUT2D eigenvalue weighted by Crippen LogP contribution is 2.17. The lowest BCUT2D eigenvalue weighted by Crippen LogP contribution is -2.23. The lowest BCUT2D eigenvalue weighted by Gasteiger charge is -2.12. The van der Waals surface area contributed by atoms with Gasteiger partial charge < -0.3 is 14.4 Å². The van der Waals surface area contributed by atoms with Crippen LogP contribution in [-0.2, 0) is 17.8 Å². The highest BCUT2D eigenvalue weighted by Gasteiger charge is 2.13. The Labute approximate surface area is 185 Å². The zero-order valence-electron chi connectivity index (χ0n) is 17.6. The first kappa shape index (κ1) is 21.8. The van der Waals surface area contributed by atoms with Gasteiger partial charge in [-0.25, -0.2) is 14.6 Å². The first-order valence-electron chi connectivity index (χ1n) is 10.2. The Kier molecular flexibility index (Phi) is 5.94. The van der Waals surface area contributed by atoms with E-state index in [2.05, 4.69) is 15.0 Å². The van der Waals surface area contributed by atoms with E-state index in [0.29, 0.717) is 30.8 Å². The van der Waals surface area contributed by atoms with Gasteiger partial charge in [0, 0.05) is 18.8 Å². The molecule has 4 aromatic rings. The predicted octanol–water partition coefficient (Wildman–Crippen LogP) is 1.05. The number of fused-ring (bicyclic) bond motifs is 1. The molecule has 3 aromatic heterocycles. The molecule has 0 unspecified atom stereocenters. The lowest BCUT2D eigenvalue weighted by atomic mass is 10.1. The Hall–Kier alpha value is -4.41. The Morgan fingerprint density at radius 1 is 1.18 bits per heavy atom. The normalized spacial score (nSPS) is 12.0. The molecule has 0 radical (unpaired) electrons. The molecule has 0 aliphatic carbocycles. The van der Waals surface area contributed by atoms with Crippen LogP contribution in [0.1, 0.15) is 18.9 Å². The molecule has 3 heterocycles. The number of hydrogen-bond donors (Lipinski definition) is 3. The van der Waals surface area contributed by atoms with Crippen molar-refractivity contribution in [3.63, 3.8) is 0 Å². The smallest absolute Gasteiger partial charge is 0.344 e. The first-order chi connectivity index (χ1) is 15.8. The van der Waals surface area contributed by atoms with Crippen LogP contribution in [0.3, 0.4) is 0 Å². The third-order valence-corrected chi connectivity index (χ3v) is 5.11. The number of carbonyl (C=O) groups is 1. The van der Waals surface area contributed by atoms with Crippen molar-refractivity contribution < 1.29 is 14.6 Å². The van der Waals surface area contributed by atoms with Crippen LogP contribution in [0.15, 0.2) is 63.3 Å². The van der Waals surface area contributed by atoms with Crippen molar-refractivity contribution in [2.24, 2.45) is 0 Å². The maximum atomic E-state index is 12.3. The van der Waals surface area contributed by atoms with E-state index >= 15 is 0 Å². The number of carboxylic acids is 1. The molecule has 11 nitrogen and oxygen atoms in total. The van der Waals surface area contributed by atoms with Crippen LogP contribution in [0.2, 0.25) is 0 Å². The Bertz CT molecular complexity index is 1500. The second kappa shape index (κ2) is 8.99. The number of nitrogens with one attached hydrogen (secondary N) is 2. The van der Waals surface area contributed by atoms with Gasteiger partial charge in [-0.15, -0.1) is 0 Å². The van der Waals surface area contributed by atoms with Crippen LogP contribution in [0, 0.1) is 0 Å². The van der Waals surface area contributed by atoms with Crippen LogP contribution in [0.25, 0.3) is 16.9 Å². The molecule has 0 fully saturated rings. The van der Waals surface area contributed by atoms with Crippen molar-refractivity contribution in [1.29, 1.82) is 0 Å². The first-order valence-corrected chi connectivity index (χ1v) is 10.2. The van der Waals surface area contributed by atoms with E-state index in [0.717, 1.165) is 5.56 Å². The summed E-state index contributed by atoms with van der Waals surface area (Å²) < 4.78 is 8.47. The molecular formula is C22H21N5O6. The summed E-state index contributed by atoms with van der Waals surface area (Å²) in [6, 6.07) is 10.2. The number of ether oxygens (including phenoxy) is 1. The third-order valence-electron chi connectivity index (χ3n) is 5.11. The van der Waals surface area contributed by atoms with Gasteiger partial charge in [-0.1, -0.05) is 12.1 Å². The molecule has 1 atom stereocenters. The summed E-state index contributed by atoms with van der Waals surface area (Å²) in [5.74, 6) is -0.573. The van der Waals surface area contributed by atoms with Crippen molar-refractivity contribution in [3.05, 3.63) is 85.7 Å².